The molecule has 110 valence electrons. The molecule has 0 saturated carbocycles. The Labute approximate surface area is 122 Å². The number of ether oxygens (including phenoxy) is 3. The van der Waals surface area contributed by atoms with Gasteiger partial charge >= 0.3 is 11.9 Å². The fraction of sp³-hybridized carbons (Fsp3) is 0.375. The number of esters is 2. The van der Waals surface area contributed by atoms with Gasteiger partial charge in [0.25, 0.3) is 0 Å². The maximum atomic E-state index is 11.9. The molecule has 3 rings (SSSR count). The van der Waals surface area contributed by atoms with Gasteiger partial charge < -0.3 is 14.2 Å². The molecule has 0 aromatic rings. The van der Waals surface area contributed by atoms with Crippen LogP contribution in [0.3, 0.4) is 0 Å². The Bertz CT molecular complexity index is 606. The Hall–Kier alpha value is -2.14. The highest BCUT2D eigenvalue weighted by Crippen LogP contribution is 2.40. The highest BCUT2D eigenvalue weighted by Gasteiger charge is 2.38. The van der Waals surface area contributed by atoms with Crippen molar-refractivity contribution in [2.75, 3.05) is 19.8 Å². The number of cyclic esters (lactones) is 2. The molecule has 1 heterocycles. The number of carbonyl (C=O) groups excluding carboxylic acids is 2. The Kier molecular flexibility index (Phi) is 3.75. The van der Waals surface area contributed by atoms with Crippen LogP contribution < -0.4 is 0 Å². The van der Waals surface area contributed by atoms with E-state index in [0.29, 0.717) is 36.7 Å². The van der Waals surface area contributed by atoms with Crippen LogP contribution in [0.4, 0.5) is 0 Å². The predicted molar refractivity (Wildman–Crippen MR) is 74.0 cm³/mol. The zero-order valence-corrected chi connectivity index (χ0v) is 11.8. The molecule has 0 radical (unpaired) electrons. The first-order valence-corrected chi connectivity index (χ1v) is 7.02. The summed E-state index contributed by atoms with van der Waals surface area (Å²) < 4.78 is 15.6. The molecule has 0 N–H and O–H groups in total. The number of hydrogen-bond donors (Lipinski definition) is 0. The zero-order chi connectivity index (χ0) is 14.8. The van der Waals surface area contributed by atoms with Crippen LogP contribution in [0.15, 0.2) is 46.8 Å². The maximum Gasteiger partial charge on any atom is 0.346 e. The van der Waals surface area contributed by atoms with Gasteiger partial charge in [0.15, 0.2) is 0 Å². The molecule has 1 unspecified atom stereocenters. The molecule has 0 amide bonds. The van der Waals surface area contributed by atoms with Crippen molar-refractivity contribution in [2.24, 2.45) is 5.92 Å². The third kappa shape index (κ3) is 2.56. The summed E-state index contributed by atoms with van der Waals surface area (Å²) >= 11 is 0. The lowest BCUT2D eigenvalue weighted by Gasteiger charge is -2.30. The minimum absolute atomic E-state index is 0.0103. The first-order valence-electron chi connectivity index (χ1n) is 7.02. The van der Waals surface area contributed by atoms with E-state index in [1.54, 1.807) is 12.2 Å². The summed E-state index contributed by atoms with van der Waals surface area (Å²) in [5, 5.41) is 0. The first-order chi connectivity index (χ1) is 10.2. The van der Waals surface area contributed by atoms with Gasteiger partial charge in [0.2, 0.25) is 0 Å². The third-order valence-corrected chi connectivity index (χ3v) is 3.60. The van der Waals surface area contributed by atoms with Crippen molar-refractivity contribution in [2.45, 2.75) is 13.3 Å². The summed E-state index contributed by atoms with van der Waals surface area (Å²) in [5.41, 5.74) is 1.66. The summed E-state index contributed by atoms with van der Waals surface area (Å²) in [7, 11) is 0. The molecule has 0 bridgehead atoms. The van der Waals surface area contributed by atoms with Crippen LogP contribution in [0, 0.1) is 5.92 Å². The van der Waals surface area contributed by atoms with E-state index >= 15 is 0 Å². The van der Waals surface area contributed by atoms with Crippen molar-refractivity contribution in [3.05, 3.63) is 46.8 Å². The Morgan fingerprint density at radius 2 is 2.14 bits per heavy atom. The van der Waals surface area contributed by atoms with E-state index in [1.165, 1.54) is 0 Å². The van der Waals surface area contributed by atoms with Gasteiger partial charge in [0, 0.05) is 12.5 Å². The quantitative estimate of drug-likeness (QED) is 0.439. The van der Waals surface area contributed by atoms with Crippen molar-refractivity contribution in [1.29, 1.82) is 0 Å². The lowest BCUT2D eigenvalue weighted by atomic mass is 9.78. The standard InChI is InChI=1S/C16H16O5/c1-2-19-6-7-20-11-8-10-4-3-5-12-14(10)13(9-11)16(18)21-15(12)17/h3,5,8-10H,2,4,6-7H2,1H3. The molecule has 0 saturated heterocycles. The van der Waals surface area contributed by atoms with E-state index in [0.717, 1.165) is 12.0 Å². The molecular formula is C16H16O5. The third-order valence-electron chi connectivity index (χ3n) is 3.60. The topological polar surface area (TPSA) is 61.8 Å². The number of carbonyl (C=O) groups is 2. The lowest BCUT2D eigenvalue weighted by molar-refractivity contribution is -0.154. The smallest absolute Gasteiger partial charge is 0.346 e. The fourth-order valence-electron chi connectivity index (χ4n) is 2.70. The highest BCUT2D eigenvalue weighted by atomic mass is 16.6. The number of rotatable bonds is 5. The molecule has 0 aromatic carbocycles. The molecule has 2 aliphatic carbocycles. The van der Waals surface area contributed by atoms with Gasteiger partial charge in [-0.05, 0) is 31.1 Å². The minimum Gasteiger partial charge on any atom is -0.491 e. The average Bonchev–Trinajstić information content (AvgIpc) is 2.49. The second kappa shape index (κ2) is 5.69. The Balaban J connectivity index is 1.85. The summed E-state index contributed by atoms with van der Waals surface area (Å²) in [4.78, 5) is 23.7. The van der Waals surface area contributed by atoms with Gasteiger partial charge in [0.1, 0.15) is 12.4 Å². The van der Waals surface area contributed by atoms with E-state index in [2.05, 4.69) is 0 Å². The van der Waals surface area contributed by atoms with Gasteiger partial charge in [-0.1, -0.05) is 12.2 Å². The molecule has 3 aliphatic rings. The second-order valence-corrected chi connectivity index (χ2v) is 4.92. The van der Waals surface area contributed by atoms with Crippen LogP contribution in [0.1, 0.15) is 13.3 Å². The van der Waals surface area contributed by atoms with Gasteiger partial charge in [-0.15, -0.1) is 0 Å². The van der Waals surface area contributed by atoms with Crippen LogP contribution in [0.5, 0.6) is 0 Å². The summed E-state index contributed by atoms with van der Waals surface area (Å²) in [6.07, 6.45) is 7.97. The number of allylic oxidation sites excluding steroid dienone is 3. The van der Waals surface area contributed by atoms with Crippen LogP contribution >= 0.6 is 0 Å². The predicted octanol–water partition coefficient (Wildman–Crippen LogP) is 1.82. The van der Waals surface area contributed by atoms with Crippen molar-refractivity contribution in [3.63, 3.8) is 0 Å². The van der Waals surface area contributed by atoms with Crippen molar-refractivity contribution in [3.8, 4) is 0 Å². The van der Waals surface area contributed by atoms with Crippen molar-refractivity contribution in [1.82, 2.24) is 0 Å². The van der Waals surface area contributed by atoms with Gasteiger partial charge in [-0.3, -0.25) is 0 Å². The summed E-state index contributed by atoms with van der Waals surface area (Å²) in [5.74, 6) is -0.552. The van der Waals surface area contributed by atoms with E-state index in [4.69, 9.17) is 14.2 Å². The molecule has 5 nitrogen and oxygen atoms in total. The average molecular weight is 288 g/mol. The Morgan fingerprint density at radius 3 is 2.95 bits per heavy atom. The summed E-state index contributed by atoms with van der Waals surface area (Å²) in [6.45, 7) is 3.48. The van der Waals surface area contributed by atoms with Gasteiger partial charge in [-0.25, -0.2) is 9.59 Å². The molecule has 0 aromatic heterocycles. The fourth-order valence-corrected chi connectivity index (χ4v) is 2.70. The molecule has 1 aliphatic heterocycles. The van der Waals surface area contributed by atoms with Crippen molar-refractivity contribution >= 4 is 11.9 Å². The van der Waals surface area contributed by atoms with E-state index in [9.17, 15) is 9.59 Å². The van der Waals surface area contributed by atoms with E-state index in [-0.39, 0.29) is 5.92 Å². The van der Waals surface area contributed by atoms with Crippen LogP contribution in [0.25, 0.3) is 0 Å². The van der Waals surface area contributed by atoms with Gasteiger partial charge in [-0.2, -0.15) is 0 Å². The molecule has 0 spiro atoms. The SMILES string of the molecule is CCOCCOC1=CC2CC=CC3=C2C(=C1)C(=O)OC3=O. The molecule has 21 heavy (non-hydrogen) atoms. The molecule has 0 fully saturated rings. The van der Waals surface area contributed by atoms with Crippen LogP contribution in [-0.4, -0.2) is 31.8 Å². The monoisotopic (exact) mass is 288 g/mol. The van der Waals surface area contributed by atoms with E-state index < -0.39 is 11.9 Å². The lowest BCUT2D eigenvalue weighted by Crippen LogP contribution is -2.30. The normalized spacial score (nSPS) is 23.4. The molecule has 5 heteroatoms. The number of hydrogen-bond acceptors (Lipinski definition) is 5. The second-order valence-electron chi connectivity index (χ2n) is 4.92. The highest BCUT2D eigenvalue weighted by molar-refractivity contribution is 6.12. The Morgan fingerprint density at radius 1 is 1.29 bits per heavy atom. The molecule has 1 atom stereocenters. The van der Waals surface area contributed by atoms with Gasteiger partial charge in [0.05, 0.1) is 17.8 Å². The molecular weight excluding hydrogens is 272 g/mol. The maximum absolute atomic E-state index is 11.9. The minimum atomic E-state index is -0.599. The first kappa shape index (κ1) is 13.8. The summed E-state index contributed by atoms with van der Waals surface area (Å²) in [6, 6.07) is 0. The van der Waals surface area contributed by atoms with Crippen LogP contribution in [-0.2, 0) is 23.8 Å². The van der Waals surface area contributed by atoms with E-state index in [1.807, 2.05) is 19.1 Å². The largest absolute Gasteiger partial charge is 0.491 e. The van der Waals surface area contributed by atoms with Crippen LogP contribution in [0.2, 0.25) is 0 Å². The zero-order valence-electron chi connectivity index (χ0n) is 11.8. The van der Waals surface area contributed by atoms with Crippen molar-refractivity contribution < 1.29 is 23.8 Å².